The summed E-state index contributed by atoms with van der Waals surface area (Å²) in [7, 11) is 2.93. The molecule has 0 aromatic heterocycles. The highest BCUT2D eigenvalue weighted by Crippen LogP contribution is 2.36. The van der Waals surface area contributed by atoms with Crippen molar-refractivity contribution in [1.82, 2.24) is 0 Å². The predicted octanol–water partition coefficient (Wildman–Crippen LogP) is 4.85. The molecule has 7 nitrogen and oxygen atoms in total. The van der Waals surface area contributed by atoms with E-state index in [2.05, 4.69) is 23.4 Å². The van der Waals surface area contributed by atoms with Crippen molar-refractivity contribution in [3.8, 4) is 11.5 Å². The Morgan fingerprint density at radius 1 is 0.963 bits per heavy atom. The van der Waals surface area contributed by atoms with Gasteiger partial charge in [-0.1, -0.05) is 36.0 Å². The first kappa shape index (κ1) is 21.0. The van der Waals surface area contributed by atoms with Crippen LogP contribution in [0.2, 0.25) is 10.0 Å². The molecule has 2 N–H and O–H groups in total. The van der Waals surface area contributed by atoms with Gasteiger partial charge in [-0.05, 0) is 24.3 Å². The second-order valence-corrected chi connectivity index (χ2v) is 6.49. The normalized spacial score (nSPS) is 10.1. The molecule has 2 rings (SSSR count). The summed E-state index contributed by atoms with van der Waals surface area (Å²) in [6.45, 7) is 1.37. The molecule has 0 aliphatic rings. The molecule has 27 heavy (non-hydrogen) atoms. The van der Waals surface area contributed by atoms with Crippen LogP contribution in [-0.2, 0) is 4.79 Å². The molecule has 2 aromatic rings. The Bertz CT molecular complexity index is 879. The molecule has 3 amide bonds. The lowest BCUT2D eigenvalue weighted by Gasteiger charge is -2.19. The van der Waals surface area contributed by atoms with E-state index in [4.69, 9.17) is 32.7 Å². The maximum absolute atomic E-state index is 12.5. The first-order valence-corrected chi connectivity index (χ1v) is 8.71. The summed E-state index contributed by atoms with van der Waals surface area (Å²) in [5, 5.41) is 5.80. The van der Waals surface area contributed by atoms with Crippen LogP contribution in [0.1, 0.15) is 6.92 Å². The van der Waals surface area contributed by atoms with Crippen LogP contribution in [0.5, 0.6) is 11.5 Å². The SMILES string of the molecule is COc1cc(OC)c(NC(=O)N(S)c2ccc(NC(C)=O)c(Cl)c2)cc1Cl. The maximum atomic E-state index is 12.5. The van der Waals surface area contributed by atoms with Gasteiger partial charge < -0.3 is 20.1 Å². The molecular formula is C17H17Cl2N3O4S. The smallest absolute Gasteiger partial charge is 0.336 e. The number of nitrogens with one attached hydrogen (secondary N) is 2. The standard InChI is InChI=1S/C17H17Cl2N3O4S/c1-9(23)20-13-5-4-10(6-11(13)18)22(27)17(24)21-14-7-12(19)15(25-2)8-16(14)26-3/h4-8,27H,1-3H3,(H,20,23)(H,21,24). The number of anilines is 3. The fraction of sp³-hybridized carbons (Fsp3) is 0.176. The van der Waals surface area contributed by atoms with E-state index in [0.29, 0.717) is 33.6 Å². The van der Waals surface area contributed by atoms with Gasteiger partial charge in [-0.15, -0.1) is 0 Å². The van der Waals surface area contributed by atoms with Crippen molar-refractivity contribution < 1.29 is 19.1 Å². The lowest BCUT2D eigenvalue weighted by molar-refractivity contribution is -0.114. The average Bonchev–Trinajstić information content (AvgIpc) is 2.62. The van der Waals surface area contributed by atoms with E-state index in [1.165, 1.54) is 33.3 Å². The third-order valence-electron chi connectivity index (χ3n) is 3.42. The summed E-state index contributed by atoms with van der Waals surface area (Å²) in [6, 6.07) is 7.15. The van der Waals surface area contributed by atoms with Gasteiger partial charge in [0.1, 0.15) is 11.5 Å². The summed E-state index contributed by atoms with van der Waals surface area (Å²) in [4.78, 5) is 23.7. The van der Waals surface area contributed by atoms with Crippen LogP contribution in [0.3, 0.4) is 0 Å². The number of halogens is 2. The number of carbonyl (C=O) groups is 2. The number of carbonyl (C=O) groups excluding carboxylic acids is 2. The number of ether oxygens (including phenoxy) is 2. The lowest BCUT2D eigenvalue weighted by atomic mass is 10.2. The number of methoxy groups -OCH3 is 2. The van der Waals surface area contributed by atoms with Crippen molar-refractivity contribution in [3.63, 3.8) is 0 Å². The largest absolute Gasteiger partial charge is 0.495 e. The zero-order chi connectivity index (χ0) is 20.1. The number of hydrogen-bond acceptors (Lipinski definition) is 5. The Morgan fingerprint density at radius 2 is 1.63 bits per heavy atom. The molecule has 0 saturated carbocycles. The average molecular weight is 430 g/mol. The first-order chi connectivity index (χ1) is 12.8. The molecule has 0 fully saturated rings. The van der Waals surface area contributed by atoms with E-state index in [1.807, 2.05) is 0 Å². The van der Waals surface area contributed by atoms with Crippen LogP contribution < -0.4 is 24.4 Å². The topological polar surface area (TPSA) is 79.9 Å². The van der Waals surface area contributed by atoms with Crippen molar-refractivity contribution in [2.24, 2.45) is 0 Å². The van der Waals surface area contributed by atoms with Crippen molar-refractivity contribution in [2.75, 3.05) is 29.2 Å². The van der Waals surface area contributed by atoms with Crippen LogP contribution in [0.25, 0.3) is 0 Å². The number of rotatable bonds is 5. The van der Waals surface area contributed by atoms with Crippen molar-refractivity contribution in [2.45, 2.75) is 6.92 Å². The van der Waals surface area contributed by atoms with Crippen LogP contribution in [0.4, 0.5) is 21.9 Å². The minimum Gasteiger partial charge on any atom is -0.495 e. The summed E-state index contributed by atoms with van der Waals surface area (Å²) in [6.07, 6.45) is 0. The van der Waals surface area contributed by atoms with Crippen LogP contribution in [0, 0.1) is 0 Å². The minimum absolute atomic E-state index is 0.256. The van der Waals surface area contributed by atoms with Gasteiger partial charge in [-0.3, -0.25) is 4.79 Å². The summed E-state index contributed by atoms with van der Waals surface area (Å²) < 4.78 is 11.4. The summed E-state index contributed by atoms with van der Waals surface area (Å²) >= 11 is 16.4. The van der Waals surface area contributed by atoms with Gasteiger partial charge in [0.2, 0.25) is 5.91 Å². The Balaban J connectivity index is 2.22. The Labute approximate surface area is 172 Å². The molecule has 2 aromatic carbocycles. The van der Waals surface area contributed by atoms with Crippen LogP contribution in [-0.4, -0.2) is 26.2 Å². The predicted molar refractivity (Wildman–Crippen MR) is 111 cm³/mol. The van der Waals surface area contributed by atoms with Crippen molar-refractivity contribution in [3.05, 3.63) is 40.4 Å². The fourth-order valence-corrected chi connectivity index (χ4v) is 2.81. The van der Waals surface area contributed by atoms with Crippen LogP contribution >= 0.6 is 36.0 Å². The van der Waals surface area contributed by atoms with Gasteiger partial charge in [0.25, 0.3) is 0 Å². The monoisotopic (exact) mass is 429 g/mol. The van der Waals surface area contributed by atoms with Crippen molar-refractivity contribution >= 4 is 65.0 Å². The van der Waals surface area contributed by atoms with Crippen molar-refractivity contribution in [1.29, 1.82) is 0 Å². The zero-order valence-electron chi connectivity index (χ0n) is 14.7. The molecule has 144 valence electrons. The highest BCUT2D eigenvalue weighted by Gasteiger charge is 2.18. The Kier molecular flexibility index (Phi) is 7.06. The Morgan fingerprint density at radius 3 is 2.19 bits per heavy atom. The minimum atomic E-state index is -0.568. The molecule has 10 heteroatoms. The van der Waals surface area contributed by atoms with Gasteiger partial charge in [-0.2, -0.15) is 0 Å². The second kappa shape index (κ2) is 9.07. The number of hydrogen-bond donors (Lipinski definition) is 3. The van der Waals surface area contributed by atoms with Gasteiger partial charge in [0, 0.05) is 13.0 Å². The summed E-state index contributed by atoms with van der Waals surface area (Å²) in [5.74, 6) is 0.522. The third-order valence-corrected chi connectivity index (χ3v) is 4.44. The van der Waals surface area contributed by atoms with Gasteiger partial charge in [0.15, 0.2) is 0 Å². The molecule has 0 aliphatic heterocycles. The quantitative estimate of drug-likeness (QED) is 0.593. The third kappa shape index (κ3) is 5.12. The number of nitrogens with zero attached hydrogens (tertiary/aromatic N) is 1. The Hall–Kier alpha value is -2.29. The molecule has 0 unspecified atom stereocenters. The number of urea groups is 1. The zero-order valence-corrected chi connectivity index (χ0v) is 17.1. The lowest BCUT2D eigenvalue weighted by Crippen LogP contribution is -2.27. The van der Waals surface area contributed by atoms with E-state index in [1.54, 1.807) is 18.2 Å². The maximum Gasteiger partial charge on any atom is 0.336 e. The van der Waals surface area contributed by atoms with E-state index in [9.17, 15) is 9.59 Å². The van der Waals surface area contributed by atoms with E-state index in [0.717, 1.165) is 4.31 Å². The molecule has 0 heterocycles. The molecule has 0 radical (unpaired) electrons. The molecule has 0 aliphatic carbocycles. The molecule has 0 bridgehead atoms. The van der Waals surface area contributed by atoms with E-state index in [-0.39, 0.29) is 10.9 Å². The number of amides is 3. The summed E-state index contributed by atoms with van der Waals surface area (Å²) in [5.41, 5.74) is 1.17. The van der Waals surface area contributed by atoms with E-state index < -0.39 is 6.03 Å². The molecular weight excluding hydrogens is 413 g/mol. The van der Waals surface area contributed by atoms with Gasteiger partial charge in [-0.25, -0.2) is 9.10 Å². The second-order valence-electron chi connectivity index (χ2n) is 5.27. The van der Waals surface area contributed by atoms with Gasteiger partial charge >= 0.3 is 6.03 Å². The van der Waals surface area contributed by atoms with E-state index >= 15 is 0 Å². The molecule has 0 spiro atoms. The number of benzene rings is 2. The number of thiol groups is 1. The highest BCUT2D eigenvalue weighted by molar-refractivity contribution is 7.82. The highest BCUT2D eigenvalue weighted by atomic mass is 35.5. The van der Waals surface area contributed by atoms with Gasteiger partial charge in [0.05, 0.1) is 41.3 Å². The first-order valence-electron chi connectivity index (χ1n) is 7.55. The molecule has 0 saturated heterocycles. The fourth-order valence-electron chi connectivity index (χ4n) is 2.17. The molecule has 0 atom stereocenters. The van der Waals surface area contributed by atoms with Crippen LogP contribution in [0.15, 0.2) is 30.3 Å².